The molecule has 0 saturated carbocycles. The maximum absolute atomic E-state index is 10.8. The number of anilines is 1. The Morgan fingerprint density at radius 3 is 2.71 bits per heavy atom. The Morgan fingerprint density at radius 1 is 1.29 bits per heavy atom. The predicted molar refractivity (Wildman–Crippen MR) is 78.8 cm³/mol. The van der Waals surface area contributed by atoms with Crippen LogP contribution in [0.5, 0.6) is 5.88 Å². The number of ether oxygens (including phenoxy) is 1. The zero-order valence-electron chi connectivity index (χ0n) is 11.7. The van der Waals surface area contributed by atoms with Crippen LogP contribution in [0.1, 0.15) is 22.8 Å². The van der Waals surface area contributed by atoms with E-state index in [-0.39, 0.29) is 0 Å². The third kappa shape index (κ3) is 4.45. The largest absolute Gasteiger partial charge is 0.478 e. The van der Waals surface area contributed by atoms with E-state index >= 15 is 0 Å². The number of hydrogen-bond acceptors (Lipinski definition) is 5. The van der Waals surface area contributed by atoms with Gasteiger partial charge in [-0.05, 0) is 31.0 Å². The second-order valence-electron chi connectivity index (χ2n) is 4.33. The number of aromatic carboxylic acids is 1. The molecule has 2 aromatic rings. The Labute approximate surface area is 122 Å². The number of nitrogens with zero attached hydrogens (tertiary/aromatic N) is 2. The number of nitrogens with one attached hydrogen (secondary N) is 1. The molecular formula is C15H17N3O3. The van der Waals surface area contributed by atoms with Crippen LogP contribution in [0.3, 0.4) is 0 Å². The summed E-state index contributed by atoms with van der Waals surface area (Å²) in [5, 5.41) is 11.9. The Hall–Kier alpha value is -2.63. The number of rotatable bonds is 7. The first kappa shape index (κ1) is 14.8. The fraction of sp³-hybridized carbons (Fsp3) is 0.267. The van der Waals surface area contributed by atoms with E-state index in [4.69, 9.17) is 9.84 Å². The van der Waals surface area contributed by atoms with Gasteiger partial charge in [-0.25, -0.2) is 9.78 Å². The number of aromatic nitrogens is 2. The van der Waals surface area contributed by atoms with Crippen molar-refractivity contribution in [2.75, 3.05) is 18.5 Å². The highest BCUT2D eigenvalue weighted by Crippen LogP contribution is 2.09. The minimum absolute atomic E-state index is 0.291. The third-order valence-electron chi connectivity index (χ3n) is 2.82. The maximum Gasteiger partial charge on any atom is 0.335 e. The molecule has 0 fully saturated rings. The average molecular weight is 287 g/mol. The van der Waals surface area contributed by atoms with Gasteiger partial charge in [-0.1, -0.05) is 12.1 Å². The molecule has 0 saturated heterocycles. The summed E-state index contributed by atoms with van der Waals surface area (Å²) in [7, 11) is 0. The molecule has 0 aliphatic carbocycles. The van der Waals surface area contributed by atoms with Crippen molar-refractivity contribution in [3.8, 4) is 5.88 Å². The van der Waals surface area contributed by atoms with Crippen molar-refractivity contribution >= 4 is 11.9 Å². The third-order valence-corrected chi connectivity index (χ3v) is 2.82. The molecule has 0 spiro atoms. The van der Waals surface area contributed by atoms with Crippen LogP contribution in [0, 0.1) is 0 Å². The normalized spacial score (nSPS) is 10.1. The van der Waals surface area contributed by atoms with Crippen LogP contribution in [0.15, 0.2) is 36.5 Å². The van der Waals surface area contributed by atoms with E-state index in [9.17, 15) is 4.79 Å². The molecule has 0 aliphatic rings. The van der Waals surface area contributed by atoms with Gasteiger partial charge in [0.05, 0.1) is 12.2 Å². The van der Waals surface area contributed by atoms with Gasteiger partial charge in [0.2, 0.25) is 11.8 Å². The molecule has 6 heteroatoms. The molecule has 6 nitrogen and oxygen atoms in total. The lowest BCUT2D eigenvalue weighted by Crippen LogP contribution is -2.08. The van der Waals surface area contributed by atoms with E-state index in [1.165, 1.54) is 0 Å². The Morgan fingerprint density at radius 2 is 2.05 bits per heavy atom. The molecule has 1 aromatic carbocycles. The van der Waals surface area contributed by atoms with Crippen LogP contribution in [0.25, 0.3) is 0 Å². The summed E-state index contributed by atoms with van der Waals surface area (Å²) in [6, 6.07) is 8.53. The second kappa shape index (κ2) is 7.23. The summed E-state index contributed by atoms with van der Waals surface area (Å²) in [5.74, 6) is 0.143. The van der Waals surface area contributed by atoms with Crippen molar-refractivity contribution in [3.63, 3.8) is 0 Å². The molecule has 1 heterocycles. The smallest absolute Gasteiger partial charge is 0.335 e. The van der Waals surface area contributed by atoms with E-state index in [0.29, 0.717) is 30.5 Å². The molecule has 110 valence electrons. The van der Waals surface area contributed by atoms with Crippen LogP contribution < -0.4 is 10.1 Å². The van der Waals surface area contributed by atoms with Gasteiger partial charge < -0.3 is 15.2 Å². The van der Waals surface area contributed by atoms with Gasteiger partial charge in [0, 0.05) is 18.8 Å². The lowest BCUT2D eigenvalue weighted by Gasteiger charge is -2.07. The second-order valence-corrected chi connectivity index (χ2v) is 4.33. The maximum atomic E-state index is 10.8. The van der Waals surface area contributed by atoms with Crippen molar-refractivity contribution < 1.29 is 14.6 Å². The van der Waals surface area contributed by atoms with Gasteiger partial charge in [0.25, 0.3) is 0 Å². The van der Waals surface area contributed by atoms with Crippen LogP contribution in [0.4, 0.5) is 5.95 Å². The van der Waals surface area contributed by atoms with Crippen LogP contribution >= 0.6 is 0 Å². The van der Waals surface area contributed by atoms with Gasteiger partial charge in [0.15, 0.2) is 0 Å². The van der Waals surface area contributed by atoms with E-state index in [2.05, 4.69) is 15.3 Å². The first-order valence-corrected chi connectivity index (χ1v) is 6.71. The van der Waals surface area contributed by atoms with Crippen molar-refractivity contribution in [3.05, 3.63) is 47.7 Å². The van der Waals surface area contributed by atoms with Gasteiger partial charge in [0.1, 0.15) is 0 Å². The highest BCUT2D eigenvalue weighted by atomic mass is 16.5. The highest BCUT2D eigenvalue weighted by Gasteiger charge is 2.02. The molecular weight excluding hydrogens is 270 g/mol. The summed E-state index contributed by atoms with van der Waals surface area (Å²) in [4.78, 5) is 19.1. The molecule has 0 radical (unpaired) electrons. The Balaban J connectivity index is 1.86. The lowest BCUT2D eigenvalue weighted by atomic mass is 10.1. The summed E-state index contributed by atoms with van der Waals surface area (Å²) in [5.41, 5.74) is 1.34. The van der Waals surface area contributed by atoms with Crippen molar-refractivity contribution in [2.24, 2.45) is 0 Å². The minimum Gasteiger partial charge on any atom is -0.478 e. The summed E-state index contributed by atoms with van der Waals surface area (Å²) in [6.07, 6.45) is 2.39. The number of carboxylic acid groups (broad SMARTS) is 1. The Bertz CT molecular complexity index is 599. The SMILES string of the molecule is CCOc1ccnc(NCCc2ccc(C(=O)O)cc2)n1. The molecule has 0 atom stereocenters. The van der Waals surface area contributed by atoms with Crippen molar-refractivity contribution in [1.82, 2.24) is 9.97 Å². The standard InChI is InChI=1S/C15H17N3O3/c1-2-21-13-8-10-17-15(18-13)16-9-7-11-3-5-12(6-4-11)14(19)20/h3-6,8,10H,2,7,9H2,1H3,(H,19,20)(H,16,17,18). The zero-order chi connectivity index (χ0) is 15.1. The van der Waals surface area contributed by atoms with Crippen molar-refractivity contribution in [1.29, 1.82) is 0 Å². The molecule has 2 N–H and O–H groups in total. The first-order valence-electron chi connectivity index (χ1n) is 6.71. The van der Waals surface area contributed by atoms with Gasteiger partial charge in [-0.15, -0.1) is 0 Å². The molecule has 2 rings (SSSR count). The monoisotopic (exact) mass is 287 g/mol. The number of hydrogen-bond donors (Lipinski definition) is 2. The topological polar surface area (TPSA) is 84.3 Å². The Kier molecular flexibility index (Phi) is 5.09. The minimum atomic E-state index is -0.916. The summed E-state index contributed by atoms with van der Waals surface area (Å²) in [6.45, 7) is 3.12. The molecule has 21 heavy (non-hydrogen) atoms. The summed E-state index contributed by atoms with van der Waals surface area (Å²) >= 11 is 0. The predicted octanol–water partition coefficient (Wildman–Crippen LogP) is 2.23. The number of benzene rings is 1. The molecule has 0 aliphatic heterocycles. The number of carboxylic acids is 1. The van der Waals surface area contributed by atoms with Gasteiger partial charge in [-0.3, -0.25) is 0 Å². The fourth-order valence-corrected chi connectivity index (χ4v) is 1.79. The molecule has 1 aromatic heterocycles. The lowest BCUT2D eigenvalue weighted by molar-refractivity contribution is 0.0697. The van der Waals surface area contributed by atoms with Gasteiger partial charge >= 0.3 is 5.97 Å². The van der Waals surface area contributed by atoms with Crippen LogP contribution in [-0.4, -0.2) is 34.2 Å². The van der Waals surface area contributed by atoms with E-state index in [0.717, 1.165) is 12.0 Å². The molecule has 0 bridgehead atoms. The summed E-state index contributed by atoms with van der Waals surface area (Å²) < 4.78 is 5.30. The quantitative estimate of drug-likeness (QED) is 0.812. The van der Waals surface area contributed by atoms with E-state index in [1.807, 2.05) is 19.1 Å². The first-order chi connectivity index (χ1) is 10.2. The number of carbonyl (C=O) groups is 1. The fourth-order valence-electron chi connectivity index (χ4n) is 1.79. The van der Waals surface area contributed by atoms with Gasteiger partial charge in [-0.2, -0.15) is 4.98 Å². The zero-order valence-corrected chi connectivity index (χ0v) is 11.7. The van der Waals surface area contributed by atoms with Crippen molar-refractivity contribution in [2.45, 2.75) is 13.3 Å². The van der Waals surface area contributed by atoms with E-state index < -0.39 is 5.97 Å². The van der Waals surface area contributed by atoms with E-state index in [1.54, 1.807) is 24.4 Å². The molecule has 0 unspecified atom stereocenters. The van der Waals surface area contributed by atoms with Crippen LogP contribution in [0.2, 0.25) is 0 Å². The average Bonchev–Trinajstić information content (AvgIpc) is 2.48. The highest BCUT2D eigenvalue weighted by molar-refractivity contribution is 5.87. The molecule has 0 amide bonds. The van der Waals surface area contributed by atoms with Crippen LogP contribution in [-0.2, 0) is 6.42 Å².